The van der Waals surface area contributed by atoms with Gasteiger partial charge in [-0.2, -0.15) is 5.10 Å². The molecular weight excluding hydrogens is 412 g/mol. The first kappa shape index (κ1) is 20.9. The van der Waals surface area contributed by atoms with Gasteiger partial charge in [0.05, 0.1) is 11.8 Å². The third-order valence-corrected chi connectivity index (χ3v) is 6.03. The molecule has 7 heteroatoms. The first-order valence-corrected chi connectivity index (χ1v) is 11.1. The van der Waals surface area contributed by atoms with E-state index < -0.39 is 0 Å². The van der Waals surface area contributed by atoms with Gasteiger partial charge in [-0.15, -0.1) is 0 Å². The average molecular weight is 439 g/mol. The van der Waals surface area contributed by atoms with Gasteiger partial charge in [0.25, 0.3) is 0 Å². The minimum absolute atomic E-state index is 0.0273. The van der Waals surface area contributed by atoms with Crippen LogP contribution in [0.4, 0.5) is 0 Å². The van der Waals surface area contributed by atoms with Gasteiger partial charge in [0, 0.05) is 48.7 Å². The summed E-state index contributed by atoms with van der Waals surface area (Å²) in [5.74, 6) is 0.0273. The van der Waals surface area contributed by atoms with E-state index >= 15 is 0 Å². The second-order valence-electron chi connectivity index (χ2n) is 8.35. The number of nitrogens with zero attached hydrogens (tertiary/aromatic N) is 5. The molecule has 5 rings (SSSR count). The summed E-state index contributed by atoms with van der Waals surface area (Å²) in [6.07, 6.45) is 6.55. The molecule has 0 saturated carbocycles. The Balaban J connectivity index is 1.24. The van der Waals surface area contributed by atoms with Gasteiger partial charge in [-0.05, 0) is 49.1 Å². The first-order chi connectivity index (χ1) is 16.1. The minimum Gasteiger partial charge on any atom is -0.352 e. The van der Waals surface area contributed by atoms with Gasteiger partial charge in [-0.1, -0.05) is 36.4 Å². The fourth-order valence-corrected chi connectivity index (χ4v) is 4.29. The Morgan fingerprint density at radius 2 is 1.91 bits per heavy atom. The molecule has 0 saturated heterocycles. The van der Waals surface area contributed by atoms with Crippen molar-refractivity contribution < 1.29 is 4.79 Å². The lowest BCUT2D eigenvalue weighted by Gasteiger charge is -2.12. The Morgan fingerprint density at radius 1 is 1.06 bits per heavy atom. The zero-order valence-electron chi connectivity index (χ0n) is 18.8. The molecule has 0 unspecified atom stereocenters. The van der Waals surface area contributed by atoms with E-state index in [9.17, 15) is 4.79 Å². The smallest absolute Gasteiger partial charge is 0.220 e. The Morgan fingerprint density at radius 3 is 2.76 bits per heavy atom. The summed E-state index contributed by atoms with van der Waals surface area (Å²) in [5.41, 5.74) is 7.12. The van der Waals surface area contributed by atoms with Gasteiger partial charge in [0.1, 0.15) is 0 Å². The van der Waals surface area contributed by atoms with Crippen molar-refractivity contribution in [3.05, 3.63) is 95.3 Å². The molecule has 3 heterocycles. The fourth-order valence-electron chi connectivity index (χ4n) is 4.29. The van der Waals surface area contributed by atoms with E-state index in [0.717, 1.165) is 45.6 Å². The number of rotatable bonds is 7. The van der Waals surface area contributed by atoms with Crippen LogP contribution in [0, 0.1) is 13.8 Å². The SMILES string of the molecule is Cc1nc2c3ccccc3nn2c(C)c1CCC(=O)NCc1cccc(Cn2ccnc2)c1. The Hall–Kier alpha value is -4.00. The minimum atomic E-state index is 0.0273. The van der Waals surface area contributed by atoms with Crippen LogP contribution in [0.5, 0.6) is 0 Å². The lowest BCUT2D eigenvalue weighted by molar-refractivity contribution is -0.121. The number of imidazole rings is 1. The number of aromatic nitrogens is 5. The maximum Gasteiger partial charge on any atom is 0.220 e. The van der Waals surface area contributed by atoms with Gasteiger partial charge >= 0.3 is 0 Å². The Labute approximate surface area is 192 Å². The van der Waals surface area contributed by atoms with Crippen molar-refractivity contribution in [1.29, 1.82) is 0 Å². The molecule has 3 aromatic heterocycles. The summed E-state index contributed by atoms with van der Waals surface area (Å²) in [5, 5.41) is 8.80. The molecular formula is C26H26N6O. The van der Waals surface area contributed by atoms with Gasteiger partial charge in [-0.25, -0.2) is 14.5 Å². The van der Waals surface area contributed by atoms with Crippen LogP contribution < -0.4 is 5.32 Å². The number of aryl methyl sites for hydroxylation is 2. The number of carbonyl (C=O) groups is 1. The van der Waals surface area contributed by atoms with Gasteiger partial charge in [-0.3, -0.25) is 4.79 Å². The number of amides is 1. The molecule has 7 nitrogen and oxygen atoms in total. The summed E-state index contributed by atoms with van der Waals surface area (Å²) in [4.78, 5) is 21.5. The third-order valence-electron chi connectivity index (χ3n) is 6.03. The molecule has 0 atom stereocenters. The number of carbonyl (C=O) groups excluding carboxylic acids is 1. The van der Waals surface area contributed by atoms with Crippen LogP contribution in [-0.2, 0) is 24.3 Å². The normalized spacial score (nSPS) is 11.3. The van der Waals surface area contributed by atoms with E-state index in [-0.39, 0.29) is 5.91 Å². The van der Waals surface area contributed by atoms with Gasteiger partial charge in [0.15, 0.2) is 5.65 Å². The highest BCUT2D eigenvalue weighted by molar-refractivity contribution is 5.92. The zero-order valence-corrected chi connectivity index (χ0v) is 18.8. The molecule has 5 aromatic rings. The standard InChI is InChI=1S/C26H26N6O/c1-18-22(19(2)32-26(29-18)23-8-3-4-9-24(23)30-32)10-11-25(33)28-15-20-6-5-7-21(14-20)16-31-13-12-27-17-31/h3-9,12-14,17H,10-11,15-16H2,1-2H3,(H,28,33). The fraction of sp³-hybridized carbons (Fsp3) is 0.231. The van der Waals surface area contributed by atoms with Crippen molar-refractivity contribution in [1.82, 2.24) is 29.5 Å². The van der Waals surface area contributed by atoms with Crippen LogP contribution in [0.1, 0.15) is 34.5 Å². The predicted molar refractivity (Wildman–Crippen MR) is 128 cm³/mol. The lowest BCUT2D eigenvalue weighted by atomic mass is 10.1. The number of benzene rings is 2. The van der Waals surface area contributed by atoms with Crippen LogP contribution in [-0.4, -0.2) is 30.1 Å². The topological polar surface area (TPSA) is 77.1 Å². The van der Waals surface area contributed by atoms with Crippen molar-refractivity contribution in [3.8, 4) is 0 Å². The molecule has 0 radical (unpaired) electrons. The summed E-state index contributed by atoms with van der Waals surface area (Å²) >= 11 is 0. The first-order valence-electron chi connectivity index (χ1n) is 11.1. The van der Waals surface area contributed by atoms with E-state index in [2.05, 4.69) is 22.4 Å². The van der Waals surface area contributed by atoms with E-state index in [0.29, 0.717) is 19.4 Å². The third kappa shape index (κ3) is 4.35. The number of hydrogen-bond acceptors (Lipinski definition) is 4. The van der Waals surface area contributed by atoms with Gasteiger partial charge in [0.2, 0.25) is 5.91 Å². The monoisotopic (exact) mass is 438 g/mol. The molecule has 0 spiro atoms. The predicted octanol–water partition coefficient (Wildman–Crippen LogP) is 3.99. The van der Waals surface area contributed by atoms with Crippen LogP contribution in [0.3, 0.4) is 0 Å². The Kier molecular flexibility index (Phi) is 5.60. The van der Waals surface area contributed by atoms with Gasteiger partial charge < -0.3 is 9.88 Å². The average Bonchev–Trinajstić information content (AvgIpc) is 3.46. The van der Waals surface area contributed by atoms with Crippen LogP contribution in [0.15, 0.2) is 67.3 Å². The zero-order chi connectivity index (χ0) is 22.8. The van der Waals surface area contributed by atoms with E-state index in [1.54, 1.807) is 12.5 Å². The number of hydrogen-bond donors (Lipinski definition) is 1. The molecule has 0 aliphatic carbocycles. The molecule has 1 amide bonds. The lowest BCUT2D eigenvalue weighted by Crippen LogP contribution is -2.23. The number of nitrogens with one attached hydrogen (secondary N) is 1. The van der Waals surface area contributed by atoms with Crippen LogP contribution in [0.2, 0.25) is 0 Å². The number of fused-ring (bicyclic) bond motifs is 3. The summed E-state index contributed by atoms with van der Waals surface area (Å²) in [7, 11) is 0. The van der Waals surface area contributed by atoms with E-state index in [1.165, 1.54) is 5.56 Å². The highest BCUT2D eigenvalue weighted by Crippen LogP contribution is 2.23. The van der Waals surface area contributed by atoms with Crippen molar-refractivity contribution in [3.63, 3.8) is 0 Å². The van der Waals surface area contributed by atoms with E-state index in [4.69, 9.17) is 10.1 Å². The molecule has 0 aliphatic heterocycles. The van der Waals surface area contributed by atoms with Crippen molar-refractivity contribution in [2.75, 3.05) is 0 Å². The highest BCUT2D eigenvalue weighted by atomic mass is 16.1. The molecule has 2 aromatic carbocycles. The molecule has 0 bridgehead atoms. The molecule has 0 aliphatic rings. The maximum absolute atomic E-state index is 12.6. The summed E-state index contributed by atoms with van der Waals surface area (Å²) in [6, 6.07) is 16.3. The largest absolute Gasteiger partial charge is 0.352 e. The molecule has 166 valence electrons. The van der Waals surface area contributed by atoms with Crippen LogP contribution in [0.25, 0.3) is 16.6 Å². The Bertz CT molecular complexity index is 1430. The van der Waals surface area contributed by atoms with Crippen molar-refractivity contribution in [2.45, 2.75) is 39.8 Å². The summed E-state index contributed by atoms with van der Waals surface area (Å²) < 4.78 is 3.92. The van der Waals surface area contributed by atoms with Crippen molar-refractivity contribution in [2.24, 2.45) is 0 Å². The molecule has 33 heavy (non-hydrogen) atoms. The molecule has 1 N–H and O–H groups in total. The highest BCUT2D eigenvalue weighted by Gasteiger charge is 2.15. The quantitative estimate of drug-likeness (QED) is 0.417. The molecule has 0 fully saturated rings. The second-order valence-corrected chi connectivity index (χ2v) is 8.35. The maximum atomic E-state index is 12.6. The van der Waals surface area contributed by atoms with E-state index in [1.807, 2.05) is 65.5 Å². The second kappa shape index (κ2) is 8.86. The van der Waals surface area contributed by atoms with Crippen molar-refractivity contribution >= 4 is 22.5 Å². The van der Waals surface area contributed by atoms with Crippen LogP contribution >= 0.6 is 0 Å². The summed E-state index contributed by atoms with van der Waals surface area (Å²) in [6.45, 7) is 5.33.